The Labute approximate surface area is 185 Å². The number of anilines is 2. The van der Waals surface area contributed by atoms with Crippen LogP contribution >= 0.6 is 23.1 Å². The van der Waals surface area contributed by atoms with E-state index < -0.39 is 6.03 Å². The fourth-order valence-corrected chi connectivity index (χ4v) is 4.74. The maximum absolute atomic E-state index is 13.0. The molecule has 0 aliphatic carbocycles. The van der Waals surface area contributed by atoms with Gasteiger partial charge in [-0.3, -0.25) is 10.3 Å². The second kappa shape index (κ2) is 9.19. The lowest BCUT2D eigenvalue weighted by Crippen LogP contribution is -2.18. The summed E-state index contributed by atoms with van der Waals surface area (Å²) in [5.74, 6) is 0.858. The van der Waals surface area contributed by atoms with Gasteiger partial charge in [-0.2, -0.15) is 0 Å². The highest BCUT2D eigenvalue weighted by molar-refractivity contribution is 8.01. The molecule has 2 aromatic carbocycles. The molecule has 0 atom stereocenters. The number of carbonyl (C=O) groups is 1. The Balaban J connectivity index is 1.49. The predicted octanol–water partition coefficient (Wildman–Crippen LogP) is 5.64. The average Bonchev–Trinajstić information content (AvgIpc) is 3.21. The Bertz CT molecular complexity index is 1230. The van der Waals surface area contributed by atoms with Gasteiger partial charge in [-0.05, 0) is 36.4 Å². The number of pyridine rings is 1. The van der Waals surface area contributed by atoms with Gasteiger partial charge in [0, 0.05) is 28.2 Å². The van der Waals surface area contributed by atoms with Crippen molar-refractivity contribution in [2.45, 2.75) is 9.24 Å². The molecule has 0 aliphatic heterocycles. The quantitative estimate of drug-likeness (QED) is 0.390. The molecule has 2 amide bonds. The zero-order valence-electron chi connectivity index (χ0n) is 16.5. The van der Waals surface area contributed by atoms with Crippen LogP contribution in [0.4, 0.5) is 19.9 Å². The van der Waals surface area contributed by atoms with Crippen molar-refractivity contribution in [3.05, 3.63) is 60.7 Å². The Hall–Kier alpha value is -3.37. The van der Waals surface area contributed by atoms with Crippen LogP contribution in [0.1, 0.15) is 0 Å². The van der Waals surface area contributed by atoms with E-state index in [0.717, 1.165) is 20.1 Å². The molecule has 2 N–H and O–H groups in total. The third kappa shape index (κ3) is 4.86. The highest BCUT2D eigenvalue weighted by Crippen LogP contribution is 2.40. The first-order valence-corrected chi connectivity index (χ1v) is 10.7. The second-order valence-corrected chi connectivity index (χ2v) is 8.53. The summed E-state index contributed by atoms with van der Waals surface area (Å²) in [4.78, 5) is 21.9. The molecule has 0 unspecified atom stereocenters. The first kappa shape index (κ1) is 20.9. The summed E-state index contributed by atoms with van der Waals surface area (Å²) in [6.45, 7) is 0. The number of rotatable bonds is 6. The van der Waals surface area contributed by atoms with Crippen molar-refractivity contribution in [2.75, 3.05) is 24.9 Å². The van der Waals surface area contributed by atoms with Gasteiger partial charge in [-0.1, -0.05) is 23.1 Å². The van der Waals surface area contributed by atoms with Crippen molar-refractivity contribution in [1.29, 1.82) is 0 Å². The number of halogens is 1. The zero-order valence-corrected chi connectivity index (χ0v) is 18.1. The molecule has 7 nitrogen and oxygen atoms in total. The Morgan fingerprint density at radius 2 is 1.77 bits per heavy atom. The molecular weight excluding hydrogens is 439 g/mol. The normalized spacial score (nSPS) is 10.7. The molecule has 0 saturated heterocycles. The van der Waals surface area contributed by atoms with E-state index in [1.807, 2.05) is 18.2 Å². The van der Waals surface area contributed by atoms with Gasteiger partial charge in [-0.25, -0.2) is 14.2 Å². The Morgan fingerprint density at radius 1 is 1.03 bits per heavy atom. The van der Waals surface area contributed by atoms with Gasteiger partial charge in [0.1, 0.15) is 10.8 Å². The van der Waals surface area contributed by atoms with Crippen molar-refractivity contribution in [3.63, 3.8) is 0 Å². The van der Waals surface area contributed by atoms with Crippen molar-refractivity contribution in [2.24, 2.45) is 0 Å². The summed E-state index contributed by atoms with van der Waals surface area (Å²) in [5.41, 5.74) is 1.27. The van der Waals surface area contributed by atoms with Gasteiger partial charge in [0.15, 0.2) is 15.8 Å². The van der Waals surface area contributed by atoms with Crippen molar-refractivity contribution in [1.82, 2.24) is 9.97 Å². The number of thiazole rings is 1. The Kier molecular flexibility index (Phi) is 6.19. The number of ether oxygens (including phenoxy) is 2. The van der Waals surface area contributed by atoms with E-state index >= 15 is 0 Å². The molecule has 0 spiro atoms. The summed E-state index contributed by atoms with van der Waals surface area (Å²) in [6, 6.07) is 10.7. The lowest BCUT2D eigenvalue weighted by molar-refractivity contribution is 0.262. The first-order valence-electron chi connectivity index (χ1n) is 9.03. The zero-order chi connectivity index (χ0) is 21.8. The third-order valence-corrected chi connectivity index (χ3v) is 6.29. The van der Waals surface area contributed by atoms with E-state index in [9.17, 15) is 9.18 Å². The highest BCUT2D eigenvalue weighted by Gasteiger charge is 2.13. The van der Waals surface area contributed by atoms with Crippen molar-refractivity contribution >= 4 is 50.7 Å². The standard InChI is InChI=1S/C21H17FN4O3S2/c1-28-16-9-14-15(10-17(16)29-2)23-8-7-18(14)30-21-24-11-19(31-21)26-20(27)25-13-5-3-12(22)4-6-13/h3-11H,1-2H3,(H2,25,26,27). The largest absolute Gasteiger partial charge is 0.493 e. The SMILES string of the molecule is COc1cc2nccc(Sc3ncc(NC(=O)Nc4ccc(F)cc4)s3)c2cc1OC. The number of urea groups is 1. The summed E-state index contributed by atoms with van der Waals surface area (Å²) in [5, 5.41) is 6.87. The van der Waals surface area contributed by atoms with Crippen molar-refractivity contribution in [3.8, 4) is 11.5 Å². The minimum Gasteiger partial charge on any atom is -0.493 e. The van der Waals surface area contributed by atoms with Crippen LogP contribution in [0, 0.1) is 5.82 Å². The molecule has 0 bridgehead atoms. The molecule has 0 fully saturated rings. The highest BCUT2D eigenvalue weighted by atomic mass is 32.2. The van der Waals surface area contributed by atoms with E-state index in [1.165, 1.54) is 47.4 Å². The number of amides is 2. The Morgan fingerprint density at radius 3 is 2.52 bits per heavy atom. The number of nitrogens with one attached hydrogen (secondary N) is 2. The number of benzene rings is 2. The van der Waals surface area contributed by atoms with Crippen LogP contribution in [0.2, 0.25) is 0 Å². The third-order valence-electron chi connectivity index (χ3n) is 4.23. The van der Waals surface area contributed by atoms with Crippen LogP contribution in [0.25, 0.3) is 10.9 Å². The van der Waals surface area contributed by atoms with Gasteiger partial charge >= 0.3 is 6.03 Å². The van der Waals surface area contributed by atoms with Crippen LogP contribution in [0.3, 0.4) is 0 Å². The second-order valence-electron chi connectivity index (χ2n) is 6.21. The molecule has 0 aliphatic rings. The number of carbonyl (C=O) groups excluding carboxylic acids is 1. The van der Waals surface area contributed by atoms with Crippen molar-refractivity contribution < 1.29 is 18.7 Å². The lowest BCUT2D eigenvalue weighted by Gasteiger charge is -2.10. The monoisotopic (exact) mass is 456 g/mol. The van der Waals surface area contributed by atoms with E-state index in [-0.39, 0.29) is 5.82 Å². The van der Waals surface area contributed by atoms with Crippen LogP contribution in [0.5, 0.6) is 11.5 Å². The van der Waals surface area contributed by atoms with Gasteiger partial charge in [0.05, 0.1) is 25.9 Å². The predicted molar refractivity (Wildman–Crippen MR) is 120 cm³/mol. The number of hydrogen-bond donors (Lipinski definition) is 2. The van der Waals surface area contributed by atoms with Crippen LogP contribution in [0.15, 0.2) is 64.1 Å². The number of nitrogens with zero attached hydrogens (tertiary/aromatic N) is 2. The minimum absolute atomic E-state index is 0.366. The topological polar surface area (TPSA) is 85.4 Å². The average molecular weight is 457 g/mol. The number of hydrogen-bond acceptors (Lipinski definition) is 7. The van der Waals surface area contributed by atoms with Crippen LogP contribution in [-0.4, -0.2) is 30.2 Å². The maximum Gasteiger partial charge on any atom is 0.324 e. The van der Waals surface area contributed by atoms with Crippen LogP contribution < -0.4 is 20.1 Å². The van der Waals surface area contributed by atoms with Gasteiger partial charge in [0.25, 0.3) is 0 Å². The molecule has 0 radical (unpaired) electrons. The molecule has 2 heterocycles. The fourth-order valence-electron chi connectivity index (χ4n) is 2.80. The number of fused-ring (bicyclic) bond motifs is 1. The van der Waals surface area contributed by atoms with Gasteiger partial charge in [-0.15, -0.1) is 0 Å². The molecular formula is C21H17FN4O3S2. The summed E-state index contributed by atoms with van der Waals surface area (Å²) >= 11 is 2.80. The molecule has 158 valence electrons. The lowest BCUT2D eigenvalue weighted by atomic mass is 10.2. The van der Waals surface area contributed by atoms with Crippen LogP contribution in [-0.2, 0) is 0 Å². The van der Waals surface area contributed by atoms with E-state index in [0.29, 0.717) is 22.2 Å². The summed E-state index contributed by atoms with van der Waals surface area (Å²) < 4.78 is 24.5. The fraction of sp³-hybridized carbons (Fsp3) is 0.0952. The maximum atomic E-state index is 13.0. The van der Waals surface area contributed by atoms with Gasteiger partial charge in [0.2, 0.25) is 0 Å². The summed E-state index contributed by atoms with van der Waals surface area (Å²) in [6.07, 6.45) is 3.31. The number of aromatic nitrogens is 2. The smallest absolute Gasteiger partial charge is 0.324 e. The minimum atomic E-state index is -0.432. The van der Waals surface area contributed by atoms with E-state index in [2.05, 4.69) is 20.6 Å². The van der Waals surface area contributed by atoms with E-state index in [4.69, 9.17) is 9.47 Å². The first-order chi connectivity index (χ1) is 15.1. The van der Waals surface area contributed by atoms with E-state index in [1.54, 1.807) is 26.6 Å². The van der Waals surface area contributed by atoms with Gasteiger partial charge < -0.3 is 14.8 Å². The molecule has 0 saturated carbocycles. The summed E-state index contributed by atoms with van der Waals surface area (Å²) in [7, 11) is 3.17. The molecule has 4 rings (SSSR count). The molecule has 10 heteroatoms. The molecule has 2 aromatic heterocycles. The number of methoxy groups -OCH3 is 2. The molecule has 31 heavy (non-hydrogen) atoms. The molecule has 4 aromatic rings.